The number of aryl methyl sites for hydroxylation is 1. The predicted molar refractivity (Wildman–Crippen MR) is 54.7 cm³/mol. The van der Waals surface area contributed by atoms with Gasteiger partial charge in [-0.05, 0) is 25.5 Å². The van der Waals surface area contributed by atoms with Gasteiger partial charge in [0.05, 0.1) is 0 Å². The van der Waals surface area contributed by atoms with Gasteiger partial charge in [0.15, 0.2) is 12.4 Å². The van der Waals surface area contributed by atoms with Crippen LogP contribution in [0.15, 0.2) is 23.2 Å². The first kappa shape index (κ1) is 8.00. The molecule has 3 rings (SSSR count). The molecule has 72 valence electrons. The molecule has 0 bridgehead atoms. The molecule has 0 amide bonds. The molecule has 2 atom stereocenters. The number of ether oxygens (including phenoxy) is 1. The highest BCUT2D eigenvalue weighted by atomic mass is 16.5. The third kappa shape index (κ3) is 1.06. The van der Waals surface area contributed by atoms with Gasteiger partial charge in [-0.2, -0.15) is 0 Å². The minimum Gasteiger partial charge on any atom is -0.471 e. The number of benzene rings is 1. The summed E-state index contributed by atoms with van der Waals surface area (Å²) in [5.41, 5.74) is 3.45. The molecular formula is C11H12N2O. The number of hydrogen-bond donors (Lipinski definition) is 1. The van der Waals surface area contributed by atoms with Gasteiger partial charge in [-0.25, -0.2) is 0 Å². The molecule has 0 radical (unpaired) electrons. The third-order valence-corrected chi connectivity index (χ3v) is 2.70. The molecule has 1 N–H and O–H groups in total. The minimum absolute atomic E-state index is 0.0907. The summed E-state index contributed by atoms with van der Waals surface area (Å²) in [6.45, 7) is 4.13. The van der Waals surface area contributed by atoms with Crippen LogP contribution in [0.2, 0.25) is 0 Å². The highest BCUT2D eigenvalue weighted by Crippen LogP contribution is 2.30. The van der Waals surface area contributed by atoms with E-state index in [0.717, 1.165) is 17.0 Å². The minimum atomic E-state index is 0.0907. The maximum atomic E-state index is 5.76. The fraction of sp³-hybridized carbons (Fsp3) is 0.364. The molecule has 0 saturated carbocycles. The van der Waals surface area contributed by atoms with Crippen molar-refractivity contribution in [1.29, 1.82) is 0 Å². The third-order valence-electron chi connectivity index (χ3n) is 2.70. The Hall–Kier alpha value is -1.35. The van der Waals surface area contributed by atoms with Gasteiger partial charge in [-0.1, -0.05) is 12.1 Å². The number of fused-ring (bicyclic) bond motifs is 2. The normalized spacial score (nSPS) is 28.0. The quantitative estimate of drug-likeness (QED) is 0.626. The van der Waals surface area contributed by atoms with Crippen LogP contribution in [0.3, 0.4) is 0 Å². The van der Waals surface area contributed by atoms with Gasteiger partial charge in [0.1, 0.15) is 5.75 Å². The van der Waals surface area contributed by atoms with Crippen LogP contribution in [-0.2, 0) is 0 Å². The summed E-state index contributed by atoms with van der Waals surface area (Å²) >= 11 is 0. The second-order valence-electron chi connectivity index (χ2n) is 3.81. The first-order valence-corrected chi connectivity index (χ1v) is 4.83. The Bertz CT molecular complexity index is 425. The first-order valence-electron chi connectivity index (χ1n) is 4.83. The molecule has 2 aliphatic rings. The maximum Gasteiger partial charge on any atom is 0.187 e. The Balaban J connectivity index is 2.19. The molecule has 1 aromatic rings. The first-order chi connectivity index (χ1) is 6.75. The number of hydrogen-bond acceptors (Lipinski definition) is 3. The smallest absolute Gasteiger partial charge is 0.187 e. The van der Waals surface area contributed by atoms with E-state index in [0.29, 0.717) is 0 Å². The van der Waals surface area contributed by atoms with Crippen molar-refractivity contribution in [3.05, 3.63) is 29.3 Å². The van der Waals surface area contributed by atoms with Gasteiger partial charge in [-0.3, -0.25) is 10.3 Å². The Morgan fingerprint density at radius 2 is 2.21 bits per heavy atom. The van der Waals surface area contributed by atoms with E-state index in [1.54, 1.807) is 0 Å². The predicted octanol–water partition coefficient (Wildman–Crippen LogP) is 1.45. The standard InChI is InChI=1S/C11H12N2O/c1-6-4-3-5-8-9(6)7(2)12-10-11(13-10)14-8/h3-5,10-11,13H,1-2H3. The van der Waals surface area contributed by atoms with Crippen molar-refractivity contribution >= 4 is 5.71 Å². The summed E-state index contributed by atoms with van der Waals surface area (Å²) in [6, 6.07) is 6.11. The Kier molecular flexibility index (Phi) is 1.47. The molecule has 2 aliphatic heterocycles. The fourth-order valence-electron chi connectivity index (χ4n) is 1.93. The van der Waals surface area contributed by atoms with Crippen LogP contribution in [-0.4, -0.2) is 18.1 Å². The summed E-state index contributed by atoms with van der Waals surface area (Å²) in [4.78, 5) is 4.53. The summed E-state index contributed by atoms with van der Waals surface area (Å²) < 4.78 is 5.76. The zero-order valence-electron chi connectivity index (χ0n) is 8.24. The van der Waals surface area contributed by atoms with E-state index < -0.39 is 0 Å². The molecule has 1 saturated heterocycles. The van der Waals surface area contributed by atoms with Crippen LogP contribution in [0, 0.1) is 6.92 Å². The molecule has 2 unspecified atom stereocenters. The van der Waals surface area contributed by atoms with Crippen molar-refractivity contribution in [3.8, 4) is 5.75 Å². The number of nitrogens with one attached hydrogen (secondary N) is 1. The molecular weight excluding hydrogens is 176 g/mol. The Morgan fingerprint density at radius 3 is 3.07 bits per heavy atom. The molecule has 3 nitrogen and oxygen atoms in total. The molecule has 2 heterocycles. The average Bonchev–Trinajstić information content (AvgIpc) is 2.82. The number of aliphatic imine (C=N–C) groups is 1. The lowest BCUT2D eigenvalue weighted by atomic mass is 10.0. The molecule has 0 spiro atoms. The van der Waals surface area contributed by atoms with E-state index in [1.807, 2.05) is 19.1 Å². The highest BCUT2D eigenvalue weighted by molar-refractivity contribution is 6.02. The van der Waals surface area contributed by atoms with Crippen LogP contribution in [0.25, 0.3) is 0 Å². The molecule has 1 fully saturated rings. The second kappa shape index (κ2) is 2.58. The van der Waals surface area contributed by atoms with Gasteiger partial charge in [0.25, 0.3) is 0 Å². The monoisotopic (exact) mass is 188 g/mol. The van der Waals surface area contributed by atoms with Crippen molar-refractivity contribution in [2.45, 2.75) is 26.2 Å². The maximum absolute atomic E-state index is 5.76. The van der Waals surface area contributed by atoms with E-state index in [2.05, 4.69) is 23.3 Å². The van der Waals surface area contributed by atoms with Crippen molar-refractivity contribution in [3.63, 3.8) is 0 Å². The van der Waals surface area contributed by atoms with Crippen molar-refractivity contribution in [2.75, 3.05) is 0 Å². The van der Waals surface area contributed by atoms with Crippen LogP contribution in [0.4, 0.5) is 0 Å². The fourth-order valence-corrected chi connectivity index (χ4v) is 1.93. The number of rotatable bonds is 0. The molecule has 0 aliphatic carbocycles. The van der Waals surface area contributed by atoms with Gasteiger partial charge in [0.2, 0.25) is 0 Å². The van der Waals surface area contributed by atoms with Crippen molar-refractivity contribution < 1.29 is 4.74 Å². The molecule has 14 heavy (non-hydrogen) atoms. The van der Waals surface area contributed by atoms with E-state index >= 15 is 0 Å². The van der Waals surface area contributed by atoms with Crippen LogP contribution in [0.1, 0.15) is 18.1 Å². The summed E-state index contributed by atoms with van der Waals surface area (Å²) in [5.74, 6) is 0.948. The lowest BCUT2D eigenvalue weighted by molar-refractivity contribution is 0.291. The van der Waals surface area contributed by atoms with Gasteiger partial charge in [-0.15, -0.1) is 0 Å². The Morgan fingerprint density at radius 1 is 1.36 bits per heavy atom. The van der Waals surface area contributed by atoms with Gasteiger partial charge < -0.3 is 4.74 Å². The summed E-state index contributed by atoms with van der Waals surface area (Å²) in [7, 11) is 0. The largest absolute Gasteiger partial charge is 0.471 e. The number of nitrogens with zero attached hydrogens (tertiary/aromatic N) is 1. The van der Waals surface area contributed by atoms with Crippen molar-refractivity contribution in [1.82, 2.24) is 5.32 Å². The lowest BCUT2D eigenvalue weighted by Gasteiger charge is -2.10. The van der Waals surface area contributed by atoms with E-state index in [9.17, 15) is 0 Å². The summed E-state index contributed by atoms with van der Waals surface area (Å²) in [5, 5.41) is 3.15. The SMILES string of the molecule is CC1=NC2NC2Oc2cccc(C)c21. The van der Waals surface area contributed by atoms with E-state index in [4.69, 9.17) is 4.74 Å². The zero-order chi connectivity index (χ0) is 9.71. The van der Waals surface area contributed by atoms with Gasteiger partial charge in [0, 0.05) is 11.3 Å². The van der Waals surface area contributed by atoms with E-state index in [1.165, 1.54) is 5.56 Å². The average molecular weight is 188 g/mol. The van der Waals surface area contributed by atoms with Crippen LogP contribution < -0.4 is 10.1 Å². The molecule has 1 aromatic carbocycles. The van der Waals surface area contributed by atoms with Gasteiger partial charge >= 0.3 is 0 Å². The Labute approximate surface area is 82.8 Å². The molecule has 3 heteroatoms. The second-order valence-corrected chi connectivity index (χ2v) is 3.81. The van der Waals surface area contributed by atoms with Crippen LogP contribution in [0.5, 0.6) is 5.75 Å². The zero-order valence-corrected chi connectivity index (χ0v) is 8.24. The van der Waals surface area contributed by atoms with Crippen LogP contribution >= 0.6 is 0 Å². The van der Waals surface area contributed by atoms with Crippen molar-refractivity contribution in [2.24, 2.45) is 4.99 Å². The summed E-state index contributed by atoms with van der Waals surface area (Å²) in [6.07, 6.45) is 0.259. The highest BCUT2D eigenvalue weighted by Gasteiger charge is 2.41. The molecule has 0 aromatic heterocycles. The van der Waals surface area contributed by atoms with E-state index in [-0.39, 0.29) is 12.4 Å². The topological polar surface area (TPSA) is 43.5 Å². The lowest BCUT2D eigenvalue weighted by Crippen LogP contribution is -2.06.